The summed E-state index contributed by atoms with van der Waals surface area (Å²) in [5.41, 5.74) is 0.797. The zero-order valence-electron chi connectivity index (χ0n) is 9.82. The van der Waals surface area contributed by atoms with Gasteiger partial charge in [0.2, 0.25) is 0 Å². The van der Waals surface area contributed by atoms with E-state index in [1.54, 1.807) is 18.2 Å². The first-order chi connectivity index (χ1) is 7.42. The van der Waals surface area contributed by atoms with Gasteiger partial charge in [-0.05, 0) is 38.5 Å². The average Bonchev–Trinajstić information content (AvgIpc) is 2.16. The summed E-state index contributed by atoms with van der Waals surface area (Å²) in [5.74, 6) is -0.361. The van der Waals surface area contributed by atoms with Crippen molar-refractivity contribution in [3.05, 3.63) is 35.4 Å². The van der Waals surface area contributed by atoms with Gasteiger partial charge in [-0.3, -0.25) is 0 Å². The van der Waals surface area contributed by atoms with Crippen LogP contribution in [0.3, 0.4) is 0 Å². The summed E-state index contributed by atoms with van der Waals surface area (Å²) >= 11 is 0. The fraction of sp³-hybridized carbons (Fsp3) is 0.385. The number of aldehydes is 1. The van der Waals surface area contributed by atoms with Gasteiger partial charge < -0.3 is 9.53 Å². The molecule has 0 atom stereocenters. The van der Waals surface area contributed by atoms with E-state index >= 15 is 0 Å². The molecule has 0 bridgehead atoms. The molecule has 1 rings (SSSR count). The largest absolute Gasteiger partial charge is 0.456 e. The van der Waals surface area contributed by atoms with Crippen LogP contribution in [0.1, 0.15) is 36.7 Å². The van der Waals surface area contributed by atoms with Crippen LogP contribution in [0.5, 0.6) is 0 Å². The number of ether oxygens (including phenoxy) is 1. The van der Waals surface area contributed by atoms with Crippen molar-refractivity contribution in [1.82, 2.24) is 0 Å². The van der Waals surface area contributed by atoms with Gasteiger partial charge in [0.25, 0.3) is 0 Å². The zero-order chi connectivity index (χ0) is 12.2. The van der Waals surface area contributed by atoms with Crippen molar-refractivity contribution >= 4 is 12.3 Å². The Kier molecular flexibility index (Phi) is 3.82. The van der Waals surface area contributed by atoms with Crippen LogP contribution in [0.15, 0.2) is 24.3 Å². The topological polar surface area (TPSA) is 43.4 Å². The first-order valence-corrected chi connectivity index (χ1v) is 5.18. The van der Waals surface area contributed by atoms with Gasteiger partial charge >= 0.3 is 5.97 Å². The van der Waals surface area contributed by atoms with Crippen molar-refractivity contribution < 1.29 is 14.3 Å². The van der Waals surface area contributed by atoms with Crippen LogP contribution in [-0.2, 0) is 16.0 Å². The molecule has 0 aliphatic rings. The molecular formula is C13H16O3. The lowest BCUT2D eigenvalue weighted by molar-refractivity contribution is -0.107. The molecule has 0 saturated heterocycles. The number of carbonyl (C=O) groups excluding carboxylic acids is 2. The van der Waals surface area contributed by atoms with E-state index in [9.17, 15) is 9.59 Å². The Labute approximate surface area is 95.4 Å². The lowest BCUT2D eigenvalue weighted by atomic mass is 10.1. The molecule has 0 aliphatic carbocycles. The van der Waals surface area contributed by atoms with Crippen LogP contribution in [0.25, 0.3) is 0 Å². The highest BCUT2D eigenvalue weighted by Gasteiger charge is 2.17. The minimum Gasteiger partial charge on any atom is -0.456 e. The van der Waals surface area contributed by atoms with Gasteiger partial charge in [-0.2, -0.15) is 0 Å². The van der Waals surface area contributed by atoms with Crippen molar-refractivity contribution in [3.8, 4) is 0 Å². The zero-order valence-corrected chi connectivity index (χ0v) is 9.82. The maximum absolute atomic E-state index is 11.7. The maximum atomic E-state index is 11.7. The first kappa shape index (κ1) is 12.4. The van der Waals surface area contributed by atoms with E-state index < -0.39 is 5.60 Å². The number of benzene rings is 1. The summed E-state index contributed by atoms with van der Waals surface area (Å²) in [5, 5.41) is 0. The van der Waals surface area contributed by atoms with Gasteiger partial charge in [0.05, 0.1) is 5.56 Å². The molecule has 0 amide bonds. The third-order valence-electron chi connectivity index (χ3n) is 1.88. The molecule has 86 valence electrons. The number of hydrogen-bond acceptors (Lipinski definition) is 3. The summed E-state index contributed by atoms with van der Waals surface area (Å²) in [6.45, 7) is 5.46. The lowest BCUT2D eigenvalue weighted by Gasteiger charge is -2.19. The maximum Gasteiger partial charge on any atom is 0.338 e. The summed E-state index contributed by atoms with van der Waals surface area (Å²) in [4.78, 5) is 22.1. The van der Waals surface area contributed by atoms with Crippen LogP contribution >= 0.6 is 0 Å². The van der Waals surface area contributed by atoms with Crippen LogP contribution in [-0.4, -0.2) is 17.9 Å². The highest BCUT2D eigenvalue weighted by molar-refractivity contribution is 5.90. The molecule has 3 heteroatoms. The Morgan fingerprint density at radius 3 is 2.62 bits per heavy atom. The summed E-state index contributed by atoms with van der Waals surface area (Å²) in [7, 11) is 0. The van der Waals surface area contributed by atoms with E-state index in [0.717, 1.165) is 11.8 Å². The minimum absolute atomic E-state index is 0.316. The Hall–Kier alpha value is -1.64. The van der Waals surface area contributed by atoms with E-state index in [-0.39, 0.29) is 5.97 Å². The highest BCUT2D eigenvalue weighted by atomic mass is 16.6. The van der Waals surface area contributed by atoms with E-state index in [4.69, 9.17) is 4.74 Å². The molecular weight excluding hydrogens is 204 g/mol. The molecule has 0 N–H and O–H groups in total. The molecule has 0 saturated carbocycles. The minimum atomic E-state index is -0.502. The van der Waals surface area contributed by atoms with Crippen LogP contribution in [0.4, 0.5) is 0 Å². The number of esters is 1. The van der Waals surface area contributed by atoms with Crippen LogP contribution in [0.2, 0.25) is 0 Å². The van der Waals surface area contributed by atoms with E-state index in [1.165, 1.54) is 0 Å². The standard InChI is InChI=1S/C13H16O3/c1-13(2,3)16-12(15)11-6-4-5-10(9-11)7-8-14/h4-6,8-9H,7H2,1-3H3. The third-order valence-corrected chi connectivity index (χ3v) is 1.88. The smallest absolute Gasteiger partial charge is 0.338 e. The predicted octanol–water partition coefficient (Wildman–Crippen LogP) is 2.38. The van der Waals surface area contributed by atoms with Gasteiger partial charge in [-0.25, -0.2) is 4.79 Å². The molecule has 1 aromatic carbocycles. The normalized spacial score (nSPS) is 10.9. The van der Waals surface area contributed by atoms with Crippen molar-refractivity contribution in [3.63, 3.8) is 0 Å². The monoisotopic (exact) mass is 220 g/mol. The SMILES string of the molecule is CC(C)(C)OC(=O)c1cccc(CC=O)c1. The quantitative estimate of drug-likeness (QED) is 0.580. The fourth-order valence-electron chi connectivity index (χ4n) is 1.26. The molecule has 0 aliphatic heterocycles. The van der Waals surface area contributed by atoms with Gasteiger partial charge in [0.15, 0.2) is 0 Å². The number of rotatable bonds is 3. The molecule has 0 fully saturated rings. The molecule has 1 aromatic rings. The summed E-state index contributed by atoms with van der Waals surface area (Å²) in [6.07, 6.45) is 1.13. The second-order valence-corrected chi connectivity index (χ2v) is 4.57. The van der Waals surface area contributed by atoms with Crippen molar-refractivity contribution in [2.75, 3.05) is 0 Å². The number of carbonyl (C=O) groups is 2. The molecule has 0 heterocycles. The van der Waals surface area contributed by atoms with Gasteiger partial charge in [0, 0.05) is 6.42 Å². The van der Waals surface area contributed by atoms with Crippen molar-refractivity contribution in [1.29, 1.82) is 0 Å². The molecule has 3 nitrogen and oxygen atoms in total. The van der Waals surface area contributed by atoms with Crippen LogP contribution < -0.4 is 0 Å². The Balaban J connectivity index is 2.83. The molecule has 0 radical (unpaired) electrons. The molecule has 0 aromatic heterocycles. The predicted molar refractivity (Wildman–Crippen MR) is 61.4 cm³/mol. The van der Waals surface area contributed by atoms with Crippen LogP contribution in [0, 0.1) is 0 Å². The average molecular weight is 220 g/mol. The van der Waals surface area contributed by atoms with Crippen molar-refractivity contribution in [2.45, 2.75) is 32.8 Å². The van der Waals surface area contributed by atoms with E-state index in [0.29, 0.717) is 12.0 Å². The van der Waals surface area contributed by atoms with E-state index in [1.807, 2.05) is 26.8 Å². The first-order valence-electron chi connectivity index (χ1n) is 5.18. The third kappa shape index (κ3) is 3.85. The van der Waals surface area contributed by atoms with Crippen molar-refractivity contribution in [2.24, 2.45) is 0 Å². The second kappa shape index (κ2) is 4.92. The Morgan fingerprint density at radius 2 is 2.06 bits per heavy atom. The second-order valence-electron chi connectivity index (χ2n) is 4.57. The van der Waals surface area contributed by atoms with Gasteiger partial charge in [-0.15, -0.1) is 0 Å². The summed E-state index contributed by atoms with van der Waals surface area (Å²) < 4.78 is 5.23. The highest BCUT2D eigenvalue weighted by Crippen LogP contribution is 2.13. The molecule has 16 heavy (non-hydrogen) atoms. The number of hydrogen-bond donors (Lipinski definition) is 0. The Bertz CT molecular complexity index is 388. The summed E-state index contributed by atoms with van der Waals surface area (Å²) in [6, 6.07) is 6.92. The fourth-order valence-corrected chi connectivity index (χ4v) is 1.26. The molecule has 0 unspecified atom stereocenters. The molecule has 0 spiro atoms. The Morgan fingerprint density at radius 1 is 1.38 bits per heavy atom. The van der Waals surface area contributed by atoms with Gasteiger partial charge in [-0.1, -0.05) is 12.1 Å². The van der Waals surface area contributed by atoms with Gasteiger partial charge in [0.1, 0.15) is 11.9 Å². The lowest BCUT2D eigenvalue weighted by Crippen LogP contribution is -2.23. The van der Waals surface area contributed by atoms with E-state index in [2.05, 4.69) is 0 Å².